The molecule has 0 spiro atoms. The number of hydrogen-bond acceptors (Lipinski definition) is 4. The van der Waals surface area contributed by atoms with Crippen molar-refractivity contribution in [2.75, 3.05) is 43.4 Å². The molecule has 32 heavy (non-hydrogen) atoms. The summed E-state index contributed by atoms with van der Waals surface area (Å²) >= 11 is 0. The molecule has 1 aliphatic heterocycles. The summed E-state index contributed by atoms with van der Waals surface area (Å²) in [5.41, 5.74) is 4.01. The van der Waals surface area contributed by atoms with Gasteiger partial charge in [0.25, 0.3) is 0 Å². The van der Waals surface area contributed by atoms with Crippen LogP contribution in [0.3, 0.4) is 0 Å². The fourth-order valence-electron chi connectivity index (χ4n) is 3.62. The van der Waals surface area contributed by atoms with Crippen molar-refractivity contribution in [1.82, 2.24) is 4.90 Å². The highest BCUT2D eigenvalue weighted by Crippen LogP contribution is 2.20. The number of likely N-dealkylation sites (N-methyl/N-ethyl adjacent to an activating group) is 1. The number of hydrogen-bond donors (Lipinski definition) is 1. The molecule has 1 aliphatic rings. The highest BCUT2D eigenvalue weighted by atomic mass is 16.5. The maximum atomic E-state index is 12.4. The van der Waals surface area contributed by atoms with Gasteiger partial charge in [0.2, 0.25) is 5.91 Å². The molecule has 0 bridgehead atoms. The predicted molar refractivity (Wildman–Crippen MR) is 131 cm³/mol. The lowest BCUT2D eigenvalue weighted by atomic mass is 10.2. The minimum atomic E-state index is -0.159. The van der Waals surface area contributed by atoms with E-state index in [-0.39, 0.29) is 5.91 Å². The van der Waals surface area contributed by atoms with Gasteiger partial charge in [0, 0.05) is 43.6 Å². The Hall–Kier alpha value is -3.57. The number of carbonyl (C=O) groups is 1. The second-order valence-corrected chi connectivity index (χ2v) is 8.01. The smallest absolute Gasteiger partial charge is 0.248 e. The molecule has 1 amide bonds. The van der Waals surface area contributed by atoms with Gasteiger partial charge in [-0.1, -0.05) is 42.5 Å². The van der Waals surface area contributed by atoms with Gasteiger partial charge >= 0.3 is 0 Å². The normalized spacial score (nSPS) is 14.5. The topological polar surface area (TPSA) is 44.8 Å². The van der Waals surface area contributed by atoms with Gasteiger partial charge in [0.1, 0.15) is 12.4 Å². The van der Waals surface area contributed by atoms with Gasteiger partial charge in [0.05, 0.1) is 0 Å². The number of ether oxygens (including phenoxy) is 1. The third kappa shape index (κ3) is 6.22. The van der Waals surface area contributed by atoms with E-state index in [4.69, 9.17) is 4.74 Å². The lowest BCUT2D eigenvalue weighted by Crippen LogP contribution is -2.44. The Morgan fingerprint density at radius 3 is 2.44 bits per heavy atom. The molecular weight excluding hydrogens is 398 g/mol. The number of piperazine rings is 1. The van der Waals surface area contributed by atoms with Crippen LogP contribution in [0.15, 0.2) is 84.9 Å². The number of carbonyl (C=O) groups excluding carboxylic acids is 1. The lowest BCUT2D eigenvalue weighted by Gasteiger charge is -2.34. The van der Waals surface area contributed by atoms with E-state index >= 15 is 0 Å². The molecule has 1 saturated heterocycles. The molecule has 0 radical (unpaired) electrons. The van der Waals surface area contributed by atoms with Crippen molar-refractivity contribution in [2.24, 2.45) is 0 Å². The van der Waals surface area contributed by atoms with Crippen LogP contribution in [0.2, 0.25) is 0 Å². The van der Waals surface area contributed by atoms with Crippen LogP contribution in [0, 0.1) is 0 Å². The third-order valence-electron chi connectivity index (χ3n) is 5.54. The van der Waals surface area contributed by atoms with Gasteiger partial charge in [-0.05, 0) is 60.6 Å². The number of nitrogens with zero attached hydrogens (tertiary/aromatic N) is 2. The number of benzene rings is 3. The van der Waals surface area contributed by atoms with Gasteiger partial charge in [-0.15, -0.1) is 0 Å². The van der Waals surface area contributed by atoms with Crippen LogP contribution in [0.1, 0.15) is 11.1 Å². The average Bonchev–Trinajstić information content (AvgIpc) is 2.83. The molecule has 0 atom stereocenters. The van der Waals surface area contributed by atoms with Crippen molar-refractivity contribution in [3.63, 3.8) is 0 Å². The van der Waals surface area contributed by atoms with Crippen molar-refractivity contribution in [2.45, 2.75) is 6.61 Å². The molecule has 0 saturated carbocycles. The summed E-state index contributed by atoms with van der Waals surface area (Å²) < 4.78 is 5.86. The summed E-state index contributed by atoms with van der Waals surface area (Å²) in [4.78, 5) is 17.1. The Bertz CT molecular complexity index is 1040. The zero-order valence-corrected chi connectivity index (χ0v) is 18.4. The SMILES string of the molecule is CN1CCN(c2ccc(NC(=O)/C=C/c3cccc(OCc4ccccc4)c3)cc2)CC1. The summed E-state index contributed by atoms with van der Waals surface area (Å²) in [6, 6.07) is 25.8. The van der Waals surface area contributed by atoms with Gasteiger partial charge in [-0.25, -0.2) is 0 Å². The summed E-state index contributed by atoms with van der Waals surface area (Å²) in [7, 11) is 2.15. The maximum Gasteiger partial charge on any atom is 0.248 e. The van der Waals surface area contributed by atoms with Crippen molar-refractivity contribution in [1.29, 1.82) is 0 Å². The summed E-state index contributed by atoms with van der Waals surface area (Å²) in [5, 5.41) is 2.93. The number of amides is 1. The molecule has 1 fully saturated rings. The average molecular weight is 428 g/mol. The molecule has 0 unspecified atom stereocenters. The van der Waals surface area contributed by atoms with Gasteiger partial charge < -0.3 is 19.9 Å². The van der Waals surface area contributed by atoms with E-state index in [1.54, 1.807) is 12.2 Å². The molecule has 5 heteroatoms. The first-order chi connectivity index (χ1) is 15.7. The fourth-order valence-corrected chi connectivity index (χ4v) is 3.62. The van der Waals surface area contributed by atoms with Crippen molar-refractivity contribution in [3.8, 4) is 5.75 Å². The van der Waals surface area contributed by atoms with E-state index < -0.39 is 0 Å². The second-order valence-electron chi connectivity index (χ2n) is 8.01. The van der Waals surface area contributed by atoms with Gasteiger partial charge in [0.15, 0.2) is 0 Å². The molecular formula is C27H29N3O2. The minimum absolute atomic E-state index is 0.159. The molecule has 3 aromatic rings. The van der Waals surface area contributed by atoms with E-state index in [9.17, 15) is 4.79 Å². The zero-order valence-electron chi connectivity index (χ0n) is 18.4. The van der Waals surface area contributed by atoms with Gasteiger partial charge in [-0.3, -0.25) is 4.79 Å². The first kappa shape index (κ1) is 21.7. The fraction of sp³-hybridized carbons (Fsp3) is 0.222. The summed E-state index contributed by atoms with van der Waals surface area (Å²) in [5.74, 6) is 0.615. The standard InChI is InChI=1S/C27H29N3O2/c1-29-16-18-30(19-17-29)25-13-11-24(12-14-25)28-27(31)15-10-22-8-5-9-26(20-22)32-21-23-6-3-2-4-7-23/h2-15,20H,16-19,21H2,1H3,(H,28,31)/b15-10+. The van der Waals surface area contributed by atoms with E-state index in [0.29, 0.717) is 6.61 Å². The largest absolute Gasteiger partial charge is 0.489 e. The Morgan fingerprint density at radius 1 is 0.938 bits per heavy atom. The quantitative estimate of drug-likeness (QED) is 0.557. The first-order valence-corrected chi connectivity index (χ1v) is 11.0. The first-order valence-electron chi connectivity index (χ1n) is 11.0. The Labute approximate surface area is 189 Å². The van der Waals surface area contributed by atoms with Crippen LogP contribution in [0.25, 0.3) is 6.08 Å². The minimum Gasteiger partial charge on any atom is -0.489 e. The Kier molecular flexibility index (Phi) is 7.20. The summed E-state index contributed by atoms with van der Waals surface area (Å²) in [6.07, 6.45) is 3.34. The maximum absolute atomic E-state index is 12.4. The molecule has 3 aromatic carbocycles. The van der Waals surface area contributed by atoms with Crippen LogP contribution in [-0.4, -0.2) is 44.0 Å². The molecule has 0 aromatic heterocycles. The molecule has 0 aliphatic carbocycles. The highest BCUT2D eigenvalue weighted by Gasteiger charge is 2.14. The van der Waals surface area contributed by atoms with Gasteiger partial charge in [-0.2, -0.15) is 0 Å². The highest BCUT2D eigenvalue weighted by molar-refractivity contribution is 6.02. The number of anilines is 2. The predicted octanol–water partition coefficient (Wildman–Crippen LogP) is 4.67. The van der Waals surface area contributed by atoms with Crippen LogP contribution < -0.4 is 15.0 Å². The van der Waals surface area contributed by atoms with E-state index in [0.717, 1.165) is 48.7 Å². The Balaban J connectivity index is 1.29. The Morgan fingerprint density at radius 2 is 1.69 bits per heavy atom. The summed E-state index contributed by atoms with van der Waals surface area (Å²) in [6.45, 7) is 4.71. The monoisotopic (exact) mass is 427 g/mol. The zero-order chi connectivity index (χ0) is 22.2. The van der Waals surface area contributed by atoms with E-state index in [2.05, 4.69) is 34.3 Å². The van der Waals surface area contributed by atoms with Crippen molar-refractivity contribution in [3.05, 3.63) is 96.1 Å². The van der Waals surface area contributed by atoms with Crippen molar-refractivity contribution >= 4 is 23.4 Å². The second kappa shape index (κ2) is 10.6. The molecule has 164 valence electrons. The van der Waals surface area contributed by atoms with Crippen LogP contribution in [-0.2, 0) is 11.4 Å². The third-order valence-corrected chi connectivity index (χ3v) is 5.54. The number of nitrogens with one attached hydrogen (secondary N) is 1. The molecule has 4 rings (SSSR count). The van der Waals surface area contributed by atoms with Crippen LogP contribution >= 0.6 is 0 Å². The van der Waals surface area contributed by atoms with Crippen molar-refractivity contribution < 1.29 is 9.53 Å². The van der Waals surface area contributed by atoms with E-state index in [1.165, 1.54) is 5.69 Å². The number of rotatable bonds is 7. The lowest BCUT2D eigenvalue weighted by molar-refractivity contribution is -0.111. The van der Waals surface area contributed by atoms with Crippen LogP contribution in [0.4, 0.5) is 11.4 Å². The van der Waals surface area contributed by atoms with E-state index in [1.807, 2.05) is 66.7 Å². The molecule has 1 heterocycles. The molecule has 1 N–H and O–H groups in total. The molecule has 5 nitrogen and oxygen atoms in total. The van der Waals surface area contributed by atoms with Crippen LogP contribution in [0.5, 0.6) is 5.75 Å².